The summed E-state index contributed by atoms with van der Waals surface area (Å²) in [7, 11) is 0. The summed E-state index contributed by atoms with van der Waals surface area (Å²) in [5.41, 5.74) is 0. The predicted molar refractivity (Wildman–Crippen MR) is 73.7 cm³/mol. The molecule has 1 amide bonds. The van der Waals surface area contributed by atoms with Crippen molar-refractivity contribution in [2.45, 2.75) is 69.6 Å². The third kappa shape index (κ3) is 2.95. The summed E-state index contributed by atoms with van der Waals surface area (Å²) in [6.07, 6.45) is 8.75. The van der Waals surface area contributed by atoms with Crippen molar-refractivity contribution < 1.29 is 9.90 Å². The molecule has 0 bridgehead atoms. The summed E-state index contributed by atoms with van der Waals surface area (Å²) in [5, 5.41) is 13.1. The number of piperidine rings is 2. The van der Waals surface area contributed by atoms with Gasteiger partial charge in [-0.3, -0.25) is 4.79 Å². The Hall–Kier alpha value is -0.610. The molecule has 0 aromatic carbocycles. The number of aliphatic hydroxyl groups is 1. The highest BCUT2D eigenvalue weighted by Crippen LogP contribution is 2.32. The number of carbonyl (C=O) groups is 1. The van der Waals surface area contributed by atoms with Gasteiger partial charge in [-0.25, -0.2) is 0 Å². The Balaban J connectivity index is 1.55. The molecular formula is C15H26N2O2. The number of nitrogens with one attached hydrogen (secondary N) is 1. The zero-order chi connectivity index (χ0) is 13.2. The second-order valence-electron chi connectivity index (χ2n) is 6.50. The van der Waals surface area contributed by atoms with Gasteiger partial charge in [-0.05, 0) is 44.4 Å². The van der Waals surface area contributed by atoms with E-state index < -0.39 is 0 Å². The van der Waals surface area contributed by atoms with Crippen LogP contribution in [-0.4, -0.2) is 47.2 Å². The van der Waals surface area contributed by atoms with Crippen molar-refractivity contribution in [2.75, 3.05) is 13.1 Å². The van der Waals surface area contributed by atoms with Crippen LogP contribution in [0.15, 0.2) is 0 Å². The smallest absolute Gasteiger partial charge is 0.239 e. The van der Waals surface area contributed by atoms with Crippen LogP contribution in [0.1, 0.15) is 51.4 Å². The Labute approximate surface area is 115 Å². The van der Waals surface area contributed by atoms with E-state index in [-0.39, 0.29) is 18.1 Å². The minimum absolute atomic E-state index is 0.0367. The SMILES string of the molecule is O=C(C1CCC2CCCCC2N1)N1CCC(O)CC1. The maximum absolute atomic E-state index is 12.5. The van der Waals surface area contributed by atoms with Crippen LogP contribution < -0.4 is 5.32 Å². The highest BCUT2D eigenvalue weighted by Gasteiger charge is 2.36. The third-order valence-electron chi connectivity index (χ3n) is 5.22. The van der Waals surface area contributed by atoms with Crippen molar-refractivity contribution in [2.24, 2.45) is 5.92 Å². The van der Waals surface area contributed by atoms with E-state index in [4.69, 9.17) is 0 Å². The fourth-order valence-electron chi connectivity index (χ4n) is 4.00. The first-order valence-electron chi connectivity index (χ1n) is 7.97. The summed E-state index contributed by atoms with van der Waals surface area (Å²) in [6, 6.07) is 0.612. The molecule has 0 spiro atoms. The van der Waals surface area contributed by atoms with Crippen LogP contribution >= 0.6 is 0 Å². The van der Waals surface area contributed by atoms with E-state index in [1.165, 1.54) is 32.1 Å². The molecule has 1 saturated carbocycles. The summed E-state index contributed by atoms with van der Waals surface area (Å²) in [5.74, 6) is 1.08. The predicted octanol–water partition coefficient (Wildman–Crippen LogP) is 1.28. The van der Waals surface area contributed by atoms with Gasteiger partial charge in [0.25, 0.3) is 0 Å². The van der Waals surface area contributed by atoms with Crippen LogP contribution in [0.3, 0.4) is 0 Å². The van der Waals surface area contributed by atoms with E-state index in [1.807, 2.05) is 4.90 Å². The van der Waals surface area contributed by atoms with Gasteiger partial charge in [0.05, 0.1) is 12.1 Å². The van der Waals surface area contributed by atoms with E-state index in [0.717, 1.165) is 38.3 Å². The second-order valence-corrected chi connectivity index (χ2v) is 6.50. The van der Waals surface area contributed by atoms with Crippen LogP contribution in [0.5, 0.6) is 0 Å². The van der Waals surface area contributed by atoms with Crippen molar-refractivity contribution in [3.05, 3.63) is 0 Å². The quantitative estimate of drug-likeness (QED) is 0.752. The number of fused-ring (bicyclic) bond motifs is 1. The second kappa shape index (κ2) is 5.80. The largest absolute Gasteiger partial charge is 0.393 e. The first-order chi connectivity index (χ1) is 9.24. The normalized spacial score (nSPS) is 36.9. The number of hydrogen-bond acceptors (Lipinski definition) is 3. The first kappa shape index (κ1) is 13.4. The van der Waals surface area contributed by atoms with Gasteiger partial charge in [0.15, 0.2) is 0 Å². The molecule has 4 nitrogen and oxygen atoms in total. The molecule has 3 fully saturated rings. The van der Waals surface area contributed by atoms with E-state index in [9.17, 15) is 9.90 Å². The average molecular weight is 266 g/mol. The van der Waals surface area contributed by atoms with Gasteiger partial charge in [0.2, 0.25) is 5.91 Å². The molecule has 2 heterocycles. The Morgan fingerprint density at radius 2 is 1.74 bits per heavy atom. The van der Waals surface area contributed by atoms with Crippen molar-refractivity contribution in [3.8, 4) is 0 Å². The summed E-state index contributed by atoms with van der Waals surface area (Å²) >= 11 is 0. The molecule has 3 aliphatic rings. The molecule has 0 aromatic heterocycles. The molecule has 2 saturated heterocycles. The zero-order valence-electron chi connectivity index (χ0n) is 11.7. The number of hydrogen-bond donors (Lipinski definition) is 2. The molecule has 0 radical (unpaired) electrons. The molecule has 3 unspecified atom stereocenters. The zero-order valence-corrected chi connectivity index (χ0v) is 11.7. The van der Waals surface area contributed by atoms with Crippen molar-refractivity contribution in [3.63, 3.8) is 0 Å². The van der Waals surface area contributed by atoms with Gasteiger partial charge < -0.3 is 15.3 Å². The average Bonchev–Trinajstić information content (AvgIpc) is 2.47. The molecule has 3 atom stereocenters. The summed E-state index contributed by atoms with van der Waals surface area (Å²) in [6.45, 7) is 1.46. The highest BCUT2D eigenvalue weighted by atomic mass is 16.3. The van der Waals surface area contributed by atoms with Crippen molar-refractivity contribution in [1.82, 2.24) is 10.2 Å². The molecule has 4 heteroatoms. The van der Waals surface area contributed by atoms with Crippen LogP contribution in [0.25, 0.3) is 0 Å². The third-order valence-corrected chi connectivity index (χ3v) is 5.22. The monoisotopic (exact) mass is 266 g/mol. The maximum atomic E-state index is 12.5. The maximum Gasteiger partial charge on any atom is 0.239 e. The van der Waals surface area contributed by atoms with Crippen molar-refractivity contribution >= 4 is 5.91 Å². The Morgan fingerprint density at radius 3 is 2.53 bits per heavy atom. The lowest BCUT2D eigenvalue weighted by Crippen LogP contribution is -2.56. The number of carbonyl (C=O) groups excluding carboxylic acids is 1. The van der Waals surface area contributed by atoms with Gasteiger partial charge in [0.1, 0.15) is 0 Å². The Bertz CT molecular complexity index is 326. The minimum atomic E-state index is -0.203. The van der Waals surface area contributed by atoms with E-state index in [2.05, 4.69) is 5.32 Å². The summed E-state index contributed by atoms with van der Waals surface area (Å²) in [4.78, 5) is 14.5. The van der Waals surface area contributed by atoms with Crippen LogP contribution in [0.4, 0.5) is 0 Å². The lowest BCUT2D eigenvalue weighted by Gasteiger charge is -2.42. The van der Waals surface area contributed by atoms with Gasteiger partial charge >= 0.3 is 0 Å². The molecule has 1 aliphatic carbocycles. The van der Waals surface area contributed by atoms with Crippen LogP contribution in [0, 0.1) is 5.92 Å². The molecule has 3 rings (SSSR count). The fraction of sp³-hybridized carbons (Fsp3) is 0.933. The van der Waals surface area contributed by atoms with Gasteiger partial charge in [0, 0.05) is 19.1 Å². The van der Waals surface area contributed by atoms with E-state index in [1.54, 1.807) is 0 Å². The molecule has 2 aliphatic heterocycles. The van der Waals surface area contributed by atoms with Crippen molar-refractivity contribution in [1.29, 1.82) is 0 Å². The van der Waals surface area contributed by atoms with Gasteiger partial charge in [-0.15, -0.1) is 0 Å². The van der Waals surface area contributed by atoms with Gasteiger partial charge in [-0.1, -0.05) is 12.8 Å². The Kier molecular flexibility index (Phi) is 4.08. The molecule has 108 valence electrons. The van der Waals surface area contributed by atoms with Crippen LogP contribution in [-0.2, 0) is 4.79 Å². The lowest BCUT2D eigenvalue weighted by molar-refractivity contribution is -0.136. The number of rotatable bonds is 1. The van der Waals surface area contributed by atoms with E-state index >= 15 is 0 Å². The fourth-order valence-corrected chi connectivity index (χ4v) is 4.00. The molecule has 19 heavy (non-hydrogen) atoms. The van der Waals surface area contributed by atoms with Gasteiger partial charge in [-0.2, -0.15) is 0 Å². The lowest BCUT2D eigenvalue weighted by atomic mass is 9.77. The minimum Gasteiger partial charge on any atom is -0.393 e. The number of aliphatic hydroxyl groups excluding tert-OH is 1. The van der Waals surface area contributed by atoms with E-state index in [0.29, 0.717) is 6.04 Å². The number of amides is 1. The summed E-state index contributed by atoms with van der Waals surface area (Å²) < 4.78 is 0. The molecule has 2 N–H and O–H groups in total. The Morgan fingerprint density at radius 1 is 1.00 bits per heavy atom. The highest BCUT2D eigenvalue weighted by molar-refractivity contribution is 5.82. The first-order valence-corrected chi connectivity index (χ1v) is 7.97. The van der Waals surface area contributed by atoms with Crippen LogP contribution in [0.2, 0.25) is 0 Å². The number of likely N-dealkylation sites (tertiary alicyclic amines) is 1. The standard InChI is InChI=1S/C15H26N2O2/c18-12-7-9-17(10-8-12)15(19)14-6-5-11-3-1-2-4-13(11)16-14/h11-14,16,18H,1-10H2. The molecular weight excluding hydrogens is 240 g/mol. The molecule has 0 aromatic rings. The number of nitrogens with zero attached hydrogens (tertiary/aromatic N) is 1. The topological polar surface area (TPSA) is 52.6 Å².